The van der Waals surface area contributed by atoms with Crippen LogP contribution in [0.1, 0.15) is 32.1 Å². The molecule has 4 N–H and O–H groups in total. The average Bonchev–Trinajstić information content (AvgIpc) is 2.08. The summed E-state index contributed by atoms with van der Waals surface area (Å²) in [6.45, 7) is 0.454. The predicted molar refractivity (Wildman–Crippen MR) is 50.0 cm³/mol. The summed E-state index contributed by atoms with van der Waals surface area (Å²) in [6, 6.07) is 0.344. The van der Waals surface area contributed by atoms with Gasteiger partial charge in [-0.3, -0.25) is 4.79 Å². The largest absolute Gasteiger partial charge is 0.378 e. The van der Waals surface area contributed by atoms with Crippen LogP contribution < -0.4 is 11.5 Å². The second kappa shape index (κ2) is 5.19. The van der Waals surface area contributed by atoms with Crippen LogP contribution in [0.25, 0.3) is 0 Å². The van der Waals surface area contributed by atoms with Crippen LogP contribution in [-0.2, 0) is 9.53 Å². The minimum absolute atomic E-state index is 0.291. The number of carbonyl (C=O) groups is 1. The molecule has 0 aromatic heterocycles. The molecule has 0 bridgehead atoms. The third-order valence-corrected chi connectivity index (χ3v) is 2.42. The molecule has 0 aromatic carbocycles. The van der Waals surface area contributed by atoms with Gasteiger partial charge in [-0.15, -0.1) is 0 Å². The van der Waals surface area contributed by atoms with E-state index in [0.29, 0.717) is 25.2 Å². The average molecular weight is 186 g/mol. The zero-order valence-corrected chi connectivity index (χ0v) is 7.87. The minimum Gasteiger partial charge on any atom is -0.378 e. The lowest BCUT2D eigenvalue weighted by Gasteiger charge is -2.25. The van der Waals surface area contributed by atoms with Crippen molar-refractivity contribution in [2.75, 3.05) is 6.61 Å². The van der Waals surface area contributed by atoms with Crippen molar-refractivity contribution < 1.29 is 9.53 Å². The van der Waals surface area contributed by atoms with E-state index in [2.05, 4.69) is 0 Å². The van der Waals surface area contributed by atoms with Crippen molar-refractivity contribution in [1.82, 2.24) is 0 Å². The molecule has 1 aliphatic rings. The monoisotopic (exact) mass is 186 g/mol. The standard InChI is InChI=1S/C9H18N2O2/c10-7-1-3-8(4-2-7)13-6-5-9(11)12/h7-8H,1-6,10H2,(H2,11,12). The highest BCUT2D eigenvalue weighted by molar-refractivity contribution is 5.73. The van der Waals surface area contributed by atoms with Crippen LogP contribution in [0.3, 0.4) is 0 Å². The van der Waals surface area contributed by atoms with E-state index >= 15 is 0 Å². The van der Waals surface area contributed by atoms with Crippen molar-refractivity contribution in [2.45, 2.75) is 44.2 Å². The number of carbonyl (C=O) groups excluding carboxylic acids is 1. The molecule has 0 spiro atoms. The van der Waals surface area contributed by atoms with E-state index in [4.69, 9.17) is 16.2 Å². The highest BCUT2D eigenvalue weighted by Gasteiger charge is 2.18. The number of primary amides is 1. The molecule has 0 atom stereocenters. The molecule has 0 unspecified atom stereocenters. The van der Waals surface area contributed by atoms with Gasteiger partial charge in [0, 0.05) is 12.5 Å². The first-order valence-electron chi connectivity index (χ1n) is 4.84. The lowest BCUT2D eigenvalue weighted by atomic mass is 9.94. The van der Waals surface area contributed by atoms with E-state index in [1.807, 2.05) is 0 Å². The third-order valence-electron chi connectivity index (χ3n) is 2.42. The highest BCUT2D eigenvalue weighted by atomic mass is 16.5. The molecule has 4 nitrogen and oxygen atoms in total. The second-order valence-electron chi connectivity index (χ2n) is 3.62. The molecule has 0 radical (unpaired) electrons. The summed E-state index contributed by atoms with van der Waals surface area (Å²) in [6.07, 6.45) is 4.70. The predicted octanol–water partition coefficient (Wildman–Crippen LogP) is 0.148. The molecule has 1 aliphatic carbocycles. The Hall–Kier alpha value is -0.610. The zero-order valence-electron chi connectivity index (χ0n) is 7.87. The maximum Gasteiger partial charge on any atom is 0.219 e. The van der Waals surface area contributed by atoms with Gasteiger partial charge >= 0.3 is 0 Å². The fourth-order valence-corrected chi connectivity index (χ4v) is 1.58. The molecule has 0 aromatic rings. The number of rotatable bonds is 4. The van der Waals surface area contributed by atoms with Gasteiger partial charge in [-0.25, -0.2) is 0 Å². The van der Waals surface area contributed by atoms with Crippen molar-refractivity contribution in [2.24, 2.45) is 11.5 Å². The van der Waals surface area contributed by atoms with E-state index in [9.17, 15) is 4.79 Å². The summed E-state index contributed by atoms with van der Waals surface area (Å²) in [7, 11) is 0. The van der Waals surface area contributed by atoms with Crippen LogP contribution in [0.2, 0.25) is 0 Å². The molecular weight excluding hydrogens is 168 g/mol. The number of hydrogen-bond donors (Lipinski definition) is 2. The van der Waals surface area contributed by atoms with Gasteiger partial charge in [0.15, 0.2) is 0 Å². The molecule has 4 heteroatoms. The van der Waals surface area contributed by atoms with Gasteiger partial charge in [-0.1, -0.05) is 0 Å². The van der Waals surface area contributed by atoms with Crippen molar-refractivity contribution in [3.05, 3.63) is 0 Å². The van der Waals surface area contributed by atoms with E-state index in [1.54, 1.807) is 0 Å². The normalized spacial score (nSPS) is 28.7. The number of nitrogens with two attached hydrogens (primary N) is 2. The molecule has 0 heterocycles. The molecule has 0 aliphatic heterocycles. The Bertz CT molecular complexity index is 165. The Morgan fingerprint density at radius 1 is 1.31 bits per heavy atom. The number of amides is 1. The van der Waals surface area contributed by atoms with Crippen LogP contribution in [0.15, 0.2) is 0 Å². The zero-order chi connectivity index (χ0) is 9.68. The smallest absolute Gasteiger partial charge is 0.219 e. The Balaban J connectivity index is 2.05. The summed E-state index contributed by atoms with van der Waals surface area (Å²) in [4.78, 5) is 10.4. The molecule has 13 heavy (non-hydrogen) atoms. The molecule has 0 saturated heterocycles. The Labute approximate surface area is 78.6 Å². The minimum atomic E-state index is -0.299. The van der Waals surface area contributed by atoms with Crippen molar-refractivity contribution in [1.29, 1.82) is 0 Å². The van der Waals surface area contributed by atoms with Gasteiger partial charge in [-0.05, 0) is 25.7 Å². The van der Waals surface area contributed by atoms with Gasteiger partial charge in [0.2, 0.25) is 5.91 Å². The van der Waals surface area contributed by atoms with Crippen LogP contribution in [0.4, 0.5) is 0 Å². The van der Waals surface area contributed by atoms with Crippen LogP contribution in [0, 0.1) is 0 Å². The fraction of sp³-hybridized carbons (Fsp3) is 0.889. The van der Waals surface area contributed by atoms with E-state index in [0.717, 1.165) is 25.7 Å². The topological polar surface area (TPSA) is 78.3 Å². The molecule has 1 amide bonds. The summed E-state index contributed by atoms with van der Waals surface area (Å²) < 4.78 is 5.49. The van der Waals surface area contributed by atoms with Crippen molar-refractivity contribution in [3.8, 4) is 0 Å². The van der Waals surface area contributed by atoms with Crippen LogP contribution in [0.5, 0.6) is 0 Å². The van der Waals surface area contributed by atoms with Crippen LogP contribution >= 0.6 is 0 Å². The lowest BCUT2D eigenvalue weighted by molar-refractivity contribution is -0.119. The van der Waals surface area contributed by atoms with Gasteiger partial charge in [0.05, 0.1) is 12.7 Å². The Morgan fingerprint density at radius 3 is 2.46 bits per heavy atom. The van der Waals surface area contributed by atoms with Crippen molar-refractivity contribution in [3.63, 3.8) is 0 Å². The Kier molecular flexibility index (Phi) is 4.18. The summed E-state index contributed by atoms with van der Waals surface area (Å²) in [5.74, 6) is -0.299. The second-order valence-corrected chi connectivity index (χ2v) is 3.62. The van der Waals surface area contributed by atoms with E-state index in [1.165, 1.54) is 0 Å². The summed E-state index contributed by atoms with van der Waals surface area (Å²) >= 11 is 0. The quantitative estimate of drug-likeness (QED) is 0.656. The summed E-state index contributed by atoms with van der Waals surface area (Å²) in [5, 5.41) is 0. The molecular formula is C9H18N2O2. The van der Waals surface area contributed by atoms with E-state index < -0.39 is 0 Å². The lowest BCUT2D eigenvalue weighted by Crippen LogP contribution is -2.30. The molecule has 1 saturated carbocycles. The Morgan fingerprint density at radius 2 is 1.92 bits per heavy atom. The van der Waals surface area contributed by atoms with Gasteiger partial charge in [0.25, 0.3) is 0 Å². The highest BCUT2D eigenvalue weighted by Crippen LogP contribution is 2.19. The first kappa shape index (κ1) is 10.5. The summed E-state index contributed by atoms with van der Waals surface area (Å²) in [5.41, 5.74) is 10.7. The molecule has 1 rings (SSSR count). The first-order valence-corrected chi connectivity index (χ1v) is 4.84. The number of hydrogen-bond acceptors (Lipinski definition) is 3. The molecule has 76 valence electrons. The SMILES string of the molecule is NC(=O)CCOC1CCC(N)CC1. The first-order chi connectivity index (χ1) is 6.18. The maximum absolute atomic E-state index is 10.4. The van der Waals surface area contributed by atoms with E-state index in [-0.39, 0.29) is 5.91 Å². The molecule has 1 fully saturated rings. The fourth-order valence-electron chi connectivity index (χ4n) is 1.58. The van der Waals surface area contributed by atoms with Crippen LogP contribution in [-0.4, -0.2) is 24.7 Å². The van der Waals surface area contributed by atoms with Gasteiger partial charge in [-0.2, -0.15) is 0 Å². The number of ether oxygens (including phenoxy) is 1. The third kappa shape index (κ3) is 4.24. The maximum atomic E-state index is 10.4. The van der Waals surface area contributed by atoms with Gasteiger partial charge < -0.3 is 16.2 Å². The van der Waals surface area contributed by atoms with Gasteiger partial charge in [0.1, 0.15) is 0 Å². The van der Waals surface area contributed by atoms with Crippen molar-refractivity contribution >= 4 is 5.91 Å².